The van der Waals surface area contributed by atoms with Crippen LogP contribution in [0.5, 0.6) is 5.75 Å². The van der Waals surface area contributed by atoms with Crippen LogP contribution in [0.25, 0.3) is 0 Å². The second-order valence-corrected chi connectivity index (χ2v) is 4.01. The van der Waals surface area contributed by atoms with Crippen LogP contribution in [0.2, 0.25) is 10.2 Å². The highest BCUT2D eigenvalue weighted by Gasteiger charge is 2.03. The lowest BCUT2D eigenvalue weighted by molar-refractivity contribution is 0.306. The second-order valence-electron chi connectivity index (χ2n) is 3.21. The van der Waals surface area contributed by atoms with E-state index < -0.39 is 0 Å². The molecule has 2 aromatic rings. The molecular weight excluding hydrogens is 245 g/mol. The topological polar surface area (TPSA) is 22.1 Å². The van der Waals surface area contributed by atoms with Crippen molar-refractivity contribution >= 4 is 23.2 Å². The van der Waals surface area contributed by atoms with Crippen LogP contribution < -0.4 is 4.74 Å². The van der Waals surface area contributed by atoms with Gasteiger partial charge in [-0.1, -0.05) is 53.5 Å². The molecule has 0 N–H and O–H groups in total. The molecule has 0 amide bonds. The first-order chi connectivity index (χ1) is 7.75. The third-order valence-electron chi connectivity index (χ3n) is 2.02. The minimum Gasteiger partial charge on any atom is -0.487 e. The number of hydrogen-bond acceptors (Lipinski definition) is 2. The molecule has 0 aliphatic heterocycles. The molecule has 0 fully saturated rings. The lowest BCUT2D eigenvalue weighted by Gasteiger charge is -2.07. The molecule has 0 spiro atoms. The van der Waals surface area contributed by atoms with E-state index in [0.29, 0.717) is 22.5 Å². The SMILES string of the molecule is Clc1cc(OCc2ccccc2)c(Cl)cn1. The van der Waals surface area contributed by atoms with Gasteiger partial charge in [-0.2, -0.15) is 0 Å². The Labute approximate surface area is 104 Å². The Morgan fingerprint density at radius 2 is 1.88 bits per heavy atom. The molecule has 2 rings (SSSR count). The Morgan fingerprint density at radius 3 is 2.62 bits per heavy atom. The van der Waals surface area contributed by atoms with Gasteiger partial charge >= 0.3 is 0 Å². The van der Waals surface area contributed by atoms with Crippen LogP contribution in [0.1, 0.15) is 5.56 Å². The Kier molecular flexibility index (Phi) is 3.65. The first-order valence-electron chi connectivity index (χ1n) is 4.73. The molecule has 0 atom stereocenters. The molecule has 1 aromatic heterocycles. The van der Waals surface area contributed by atoms with Gasteiger partial charge in [0.25, 0.3) is 0 Å². The summed E-state index contributed by atoms with van der Waals surface area (Å²) in [6.07, 6.45) is 1.48. The van der Waals surface area contributed by atoms with Crippen LogP contribution >= 0.6 is 23.2 Å². The van der Waals surface area contributed by atoms with Gasteiger partial charge in [0.05, 0.1) is 6.20 Å². The quantitative estimate of drug-likeness (QED) is 0.773. The highest BCUT2D eigenvalue weighted by Crippen LogP contribution is 2.26. The summed E-state index contributed by atoms with van der Waals surface area (Å²) < 4.78 is 5.55. The van der Waals surface area contributed by atoms with Gasteiger partial charge in [-0.05, 0) is 5.56 Å². The van der Waals surface area contributed by atoms with Crippen LogP contribution in [0.4, 0.5) is 0 Å². The number of ether oxygens (including phenoxy) is 1. The van der Waals surface area contributed by atoms with Crippen molar-refractivity contribution in [2.75, 3.05) is 0 Å². The van der Waals surface area contributed by atoms with E-state index in [1.807, 2.05) is 30.3 Å². The molecule has 4 heteroatoms. The Hall–Kier alpha value is -1.25. The molecule has 16 heavy (non-hydrogen) atoms. The Morgan fingerprint density at radius 1 is 1.12 bits per heavy atom. The zero-order chi connectivity index (χ0) is 11.4. The largest absolute Gasteiger partial charge is 0.487 e. The van der Waals surface area contributed by atoms with E-state index in [9.17, 15) is 0 Å². The Balaban J connectivity index is 2.08. The van der Waals surface area contributed by atoms with Crippen molar-refractivity contribution in [3.63, 3.8) is 0 Å². The predicted octanol–water partition coefficient (Wildman–Crippen LogP) is 3.97. The smallest absolute Gasteiger partial charge is 0.143 e. The summed E-state index contributed by atoms with van der Waals surface area (Å²) in [5, 5.41) is 0.827. The van der Waals surface area contributed by atoms with Crippen LogP contribution in [0.15, 0.2) is 42.6 Å². The zero-order valence-corrected chi connectivity index (χ0v) is 9.87. The van der Waals surface area contributed by atoms with Crippen molar-refractivity contribution in [3.05, 3.63) is 58.3 Å². The van der Waals surface area contributed by atoms with Crippen LogP contribution in [0, 0.1) is 0 Å². The zero-order valence-electron chi connectivity index (χ0n) is 8.36. The normalized spacial score (nSPS) is 10.1. The van der Waals surface area contributed by atoms with Crippen molar-refractivity contribution in [2.24, 2.45) is 0 Å². The fourth-order valence-electron chi connectivity index (χ4n) is 1.24. The fraction of sp³-hybridized carbons (Fsp3) is 0.0833. The highest BCUT2D eigenvalue weighted by molar-refractivity contribution is 6.33. The first-order valence-corrected chi connectivity index (χ1v) is 5.49. The lowest BCUT2D eigenvalue weighted by Crippen LogP contribution is -1.96. The molecule has 82 valence electrons. The van der Waals surface area contributed by atoms with Gasteiger partial charge in [0.2, 0.25) is 0 Å². The molecule has 0 saturated heterocycles. The molecule has 0 radical (unpaired) electrons. The van der Waals surface area contributed by atoms with Crippen molar-refractivity contribution < 1.29 is 4.74 Å². The number of pyridine rings is 1. The van der Waals surface area contributed by atoms with Crippen molar-refractivity contribution in [3.8, 4) is 5.75 Å². The van der Waals surface area contributed by atoms with Gasteiger partial charge in [0, 0.05) is 6.07 Å². The molecule has 1 aromatic carbocycles. The number of halogens is 2. The van der Waals surface area contributed by atoms with Gasteiger partial charge in [-0.3, -0.25) is 0 Å². The molecule has 0 bridgehead atoms. The lowest BCUT2D eigenvalue weighted by atomic mass is 10.2. The third-order valence-corrected chi connectivity index (χ3v) is 2.51. The highest BCUT2D eigenvalue weighted by atomic mass is 35.5. The van der Waals surface area contributed by atoms with Crippen LogP contribution in [-0.2, 0) is 6.61 Å². The molecule has 0 unspecified atom stereocenters. The summed E-state index contributed by atoms with van der Waals surface area (Å²) in [5.74, 6) is 0.547. The summed E-state index contributed by atoms with van der Waals surface area (Å²) in [6, 6.07) is 11.4. The minimum absolute atomic E-state index is 0.368. The van der Waals surface area contributed by atoms with E-state index in [-0.39, 0.29) is 0 Å². The van der Waals surface area contributed by atoms with E-state index in [4.69, 9.17) is 27.9 Å². The number of aromatic nitrogens is 1. The second kappa shape index (κ2) is 5.19. The molecule has 1 heterocycles. The summed E-state index contributed by atoms with van der Waals surface area (Å²) in [5.41, 5.74) is 1.08. The minimum atomic E-state index is 0.368. The monoisotopic (exact) mass is 253 g/mol. The molecular formula is C12H9Cl2NO. The summed E-state index contributed by atoms with van der Waals surface area (Å²) in [4.78, 5) is 3.85. The molecule has 0 aliphatic carbocycles. The Bertz CT molecular complexity index is 474. The molecule has 0 aliphatic rings. The summed E-state index contributed by atoms with van der Waals surface area (Å²) in [6.45, 7) is 0.459. The van der Waals surface area contributed by atoms with E-state index in [1.54, 1.807) is 6.07 Å². The number of benzene rings is 1. The van der Waals surface area contributed by atoms with E-state index in [1.165, 1.54) is 6.20 Å². The van der Waals surface area contributed by atoms with Crippen LogP contribution in [-0.4, -0.2) is 4.98 Å². The van der Waals surface area contributed by atoms with E-state index >= 15 is 0 Å². The maximum absolute atomic E-state index is 5.92. The fourth-order valence-corrected chi connectivity index (χ4v) is 1.55. The van der Waals surface area contributed by atoms with Crippen LogP contribution in [0.3, 0.4) is 0 Å². The van der Waals surface area contributed by atoms with Crippen molar-refractivity contribution in [1.29, 1.82) is 0 Å². The number of rotatable bonds is 3. The average Bonchev–Trinajstić information content (AvgIpc) is 2.32. The van der Waals surface area contributed by atoms with Gasteiger partial charge in [0.15, 0.2) is 0 Å². The van der Waals surface area contributed by atoms with E-state index in [2.05, 4.69) is 4.98 Å². The maximum atomic E-state index is 5.92. The van der Waals surface area contributed by atoms with Crippen molar-refractivity contribution in [1.82, 2.24) is 4.98 Å². The van der Waals surface area contributed by atoms with Gasteiger partial charge in [-0.15, -0.1) is 0 Å². The van der Waals surface area contributed by atoms with Gasteiger partial charge in [0.1, 0.15) is 22.5 Å². The average molecular weight is 254 g/mol. The molecule has 0 saturated carbocycles. The molecule has 2 nitrogen and oxygen atoms in total. The first kappa shape index (κ1) is 11.2. The third kappa shape index (κ3) is 2.87. The van der Waals surface area contributed by atoms with Crippen molar-refractivity contribution in [2.45, 2.75) is 6.61 Å². The summed E-state index contributed by atoms with van der Waals surface area (Å²) >= 11 is 11.7. The summed E-state index contributed by atoms with van der Waals surface area (Å²) in [7, 11) is 0. The number of nitrogens with zero attached hydrogens (tertiary/aromatic N) is 1. The standard InChI is InChI=1S/C12H9Cl2NO/c13-10-7-15-12(14)6-11(10)16-8-9-4-2-1-3-5-9/h1-7H,8H2. The van der Waals surface area contributed by atoms with E-state index in [0.717, 1.165) is 5.56 Å². The predicted molar refractivity (Wildman–Crippen MR) is 65.0 cm³/mol. The van der Waals surface area contributed by atoms with Gasteiger partial charge < -0.3 is 4.74 Å². The number of hydrogen-bond donors (Lipinski definition) is 0. The van der Waals surface area contributed by atoms with Gasteiger partial charge in [-0.25, -0.2) is 4.98 Å². The maximum Gasteiger partial charge on any atom is 0.143 e.